The summed E-state index contributed by atoms with van der Waals surface area (Å²) in [6, 6.07) is 25.1. The fourth-order valence-electron chi connectivity index (χ4n) is 6.32. The Labute approximate surface area is 453 Å². The highest BCUT2D eigenvalue weighted by molar-refractivity contribution is 9.10. The first kappa shape index (κ1) is 60.8. The molecule has 22 nitrogen and oxygen atoms in total. The molecule has 0 saturated heterocycles. The molecule has 0 aliphatic heterocycles. The zero-order valence-electron chi connectivity index (χ0n) is 42.2. The molecular formula is C48H52BrCl2N13O9S2. The van der Waals surface area contributed by atoms with E-state index < -0.39 is 38.5 Å². The Hall–Kier alpha value is -6.76. The van der Waals surface area contributed by atoms with Crippen LogP contribution in [-0.4, -0.2) is 95.4 Å². The summed E-state index contributed by atoms with van der Waals surface area (Å²) < 4.78 is 66.2. The van der Waals surface area contributed by atoms with Gasteiger partial charge in [0.05, 0.1) is 38.3 Å². The number of hydrogen-bond donors (Lipinski definition) is 0. The largest absolute Gasteiger partial charge is 0.363 e. The van der Waals surface area contributed by atoms with Crippen molar-refractivity contribution in [2.75, 3.05) is 50.4 Å². The molecule has 4 heterocycles. The van der Waals surface area contributed by atoms with E-state index >= 15 is 0 Å². The summed E-state index contributed by atoms with van der Waals surface area (Å²) in [5.74, 6) is -0.972. The number of carbonyl (C=O) groups excluding carboxylic acids is 2. The number of pyridine rings is 4. The third kappa shape index (κ3) is 16.1. The number of hydroxylamine groups is 2. The number of methoxy groups -OCH3 is 2. The standard InChI is InChI=1S/C23H23ClN6O4S.C17H20BrClN2O3S.C8H9N5O2/c1-23(2,3)15-8-10-17(11-9-15)35(32,33)30(14-34-4)19-12-16(24)13-26-21(19)22(31)18-6-5-7-20(27-18)28-29-25;1-17(2,3)12-5-7-14(8-6-12)25(22,23)21(11-24-4)15-9-13(19)10-20-16(15)18;1-13(15-2)8(14)6-4-3-5-7(10-6)11-12-9/h5-13H,14H2,1-4H3;5-10H,11H2,1-4H3;3-5H,1-2H3. The number of halogens is 3. The summed E-state index contributed by atoms with van der Waals surface area (Å²) in [7, 11) is -2.43. The summed E-state index contributed by atoms with van der Waals surface area (Å²) in [5.41, 5.74) is 18.7. The van der Waals surface area contributed by atoms with E-state index in [-0.39, 0.29) is 66.8 Å². The summed E-state index contributed by atoms with van der Waals surface area (Å²) in [6.45, 7) is 11.7. The van der Waals surface area contributed by atoms with Gasteiger partial charge in [-0.3, -0.25) is 14.4 Å². The SMILES string of the molecule is COCN(c1cc(Cl)cnc1Br)S(=O)(=O)c1ccc(C(C)(C)C)cc1.COCN(c1cc(Cl)cnc1C(=O)c1cccc(N=[N+]=[N-])n1)S(=O)(=O)c1ccc(C(C)(C)C)cc1.CON(C)C(=O)c1cccc(N=[N+]=[N-])n1. The van der Waals surface area contributed by atoms with Gasteiger partial charge in [0.1, 0.15) is 46.8 Å². The van der Waals surface area contributed by atoms with Crippen LogP contribution in [0.2, 0.25) is 10.0 Å². The molecule has 0 aliphatic rings. The highest BCUT2D eigenvalue weighted by Gasteiger charge is 2.32. The second kappa shape index (κ2) is 26.6. The third-order valence-corrected chi connectivity index (χ3v) is 14.8. The molecule has 0 spiro atoms. The van der Waals surface area contributed by atoms with Crippen LogP contribution in [0.15, 0.2) is 134 Å². The minimum Gasteiger partial charge on any atom is -0.363 e. The zero-order valence-corrected chi connectivity index (χ0v) is 47.0. The highest BCUT2D eigenvalue weighted by Crippen LogP contribution is 2.34. The average Bonchev–Trinajstić information content (AvgIpc) is 3.37. The number of ketones is 1. The number of aromatic nitrogens is 4. The quantitative estimate of drug-likeness (QED) is 0.0166. The number of hydrogen-bond acceptors (Lipinski definition) is 15. The molecule has 396 valence electrons. The number of amides is 1. The van der Waals surface area contributed by atoms with Crippen molar-refractivity contribution in [3.8, 4) is 0 Å². The molecule has 0 atom stereocenters. The Kier molecular flexibility index (Phi) is 21.6. The monoisotopic (exact) mass is 1170 g/mol. The van der Waals surface area contributed by atoms with Gasteiger partial charge in [-0.15, -0.1) is 0 Å². The molecule has 4 aromatic heterocycles. The maximum atomic E-state index is 13.6. The number of rotatable bonds is 16. The third-order valence-electron chi connectivity index (χ3n) is 10.3. The topological polar surface area (TPSA) is 289 Å². The lowest BCUT2D eigenvalue weighted by molar-refractivity contribution is -0.0760. The van der Waals surface area contributed by atoms with Crippen LogP contribution in [0.3, 0.4) is 0 Å². The van der Waals surface area contributed by atoms with Crippen molar-refractivity contribution in [1.82, 2.24) is 25.0 Å². The van der Waals surface area contributed by atoms with Crippen molar-refractivity contribution >= 4 is 93.9 Å². The minimum atomic E-state index is -4.18. The number of sulfonamides is 2. The van der Waals surface area contributed by atoms with E-state index in [1.165, 1.54) is 95.4 Å². The van der Waals surface area contributed by atoms with Gasteiger partial charge in [0.25, 0.3) is 26.0 Å². The Morgan fingerprint density at radius 1 is 0.653 bits per heavy atom. The Balaban J connectivity index is 0.000000264. The lowest BCUT2D eigenvalue weighted by Gasteiger charge is -2.26. The molecule has 6 aromatic rings. The Morgan fingerprint density at radius 3 is 1.49 bits per heavy atom. The van der Waals surface area contributed by atoms with Gasteiger partial charge in [-0.05, 0) is 120 Å². The highest BCUT2D eigenvalue weighted by atomic mass is 79.9. The normalized spacial score (nSPS) is 11.3. The van der Waals surface area contributed by atoms with E-state index in [1.54, 1.807) is 30.3 Å². The molecule has 6 rings (SSSR count). The van der Waals surface area contributed by atoms with Crippen LogP contribution in [0.1, 0.15) is 79.3 Å². The van der Waals surface area contributed by atoms with Crippen molar-refractivity contribution in [3.05, 3.63) is 173 Å². The van der Waals surface area contributed by atoms with E-state index in [4.69, 9.17) is 48.6 Å². The molecule has 0 aliphatic carbocycles. The van der Waals surface area contributed by atoms with Crippen molar-refractivity contribution < 1.29 is 40.7 Å². The second-order valence-corrected chi connectivity index (χ2v) is 22.9. The number of nitrogens with zero attached hydrogens (tertiary/aromatic N) is 13. The maximum absolute atomic E-state index is 13.6. The Bertz CT molecular complexity index is 3320. The Morgan fingerprint density at radius 2 is 1.07 bits per heavy atom. The van der Waals surface area contributed by atoms with E-state index in [0.717, 1.165) is 24.8 Å². The van der Waals surface area contributed by atoms with Crippen LogP contribution in [0.5, 0.6) is 0 Å². The molecule has 0 saturated carbocycles. The van der Waals surface area contributed by atoms with Crippen LogP contribution in [0, 0.1) is 0 Å². The first-order valence-corrected chi connectivity index (χ1v) is 26.3. The molecule has 2 aromatic carbocycles. The molecular weight excluding hydrogens is 1120 g/mol. The van der Waals surface area contributed by atoms with Gasteiger partial charge >= 0.3 is 0 Å². The summed E-state index contributed by atoms with van der Waals surface area (Å²) in [6.07, 6.45) is 2.66. The predicted octanol–water partition coefficient (Wildman–Crippen LogP) is 11.7. The van der Waals surface area contributed by atoms with Gasteiger partial charge in [-0.1, -0.05) is 101 Å². The van der Waals surface area contributed by atoms with Crippen LogP contribution >= 0.6 is 39.1 Å². The number of azide groups is 2. The van der Waals surface area contributed by atoms with Gasteiger partial charge < -0.3 is 9.47 Å². The first-order chi connectivity index (χ1) is 35.2. The van der Waals surface area contributed by atoms with Gasteiger partial charge in [0, 0.05) is 43.5 Å². The number of anilines is 2. The van der Waals surface area contributed by atoms with E-state index in [1.807, 2.05) is 32.9 Å². The van der Waals surface area contributed by atoms with Crippen LogP contribution in [0.25, 0.3) is 20.9 Å². The fraction of sp³-hybridized carbons (Fsp3) is 0.292. The van der Waals surface area contributed by atoms with Crippen LogP contribution in [0.4, 0.5) is 23.0 Å². The van der Waals surface area contributed by atoms with Crippen molar-refractivity contribution in [1.29, 1.82) is 0 Å². The van der Waals surface area contributed by atoms with E-state index in [9.17, 15) is 26.4 Å². The lowest BCUT2D eigenvalue weighted by Crippen LogP contribution is -2.34. The fourth-order valence-corrected chi connectivity index (χ4v) is 9.93. The van der Waals surface area contributed by atoms with E-state index in [2.05, 4.69) is 76.7 Å². The second-order valence-electron chi connectivity index (χ2n) is 17.5. The van der Waals surface area contributed by atoms with Crippen LogP contribution in [-0.2, 0) is 45.2 Å². The lowest BCUT2D eigenvalue weighted by atomic mass is 9.87. The van der Waals surface area contributed by atoms with Gasteiger partial charge in [0.15, 0.2) is 0 Å². The van der Waals surface area contributed by atoms with Crippen molar-refractivity contribution in [3.63, 3.8) is 0 Å². The molecule has 0 unspecified atom stereocenters. The van der Waals surface area contributed by atoms with Crippen molar-refractivity contribution in [2.45, 2.75) is 62.2 Å². The number of benzene rings is 2. The molecule has 0 radical (unpaired) electrons. The van der Waals surface area contributed by atoms with Gasteiger partial charge in [0.2, 0.25) is 5.78 Å². The predicted molar refractivity (Wildman–Crippen MR) is 288 cm³/mol. The van der Waals surface area contributed by atoms with Gasteiger partial charge in [-0.2, -0.15) is 0 Å². The molecule has 0 N–H and O–H groups in total. The van der Waals surface area contributed by atoms with Gasteiger partial charge in [-0.25, -0.2) is 50.4 Å². The summed E-state index contributed by atoms with van der Waals surface area (Å²) in [4.78, 5) is 51.0. The van der Waals surface area contributed by atoms with E-state index in [0.29, 0.717) is 15.3 Å². The summed E-state index contributed by atoms with van der Waals surface area (Å²) in [5, 5.41) is 8.17. The molecule has 75 heavy (non-hydrogen) atoms. The van der Waals surface area contributed by atoms with Crippen LogP contribution < -0.4 is 8.61 Å². The molecule has 1 amide bonds. The molecule has 27 heteroatoms. The minimum absolute atomic E-state index is 0.00408. The maximum Gasteiger partial charge on any atom is 0.295 e. The zero-order chi connectivity index (χ0) is 55.9. The van der Waals surface area contributed by atoms with Crippen molar-refractivity contribution in [2.24, 2.45) is 10.2 Å². The number of carbonyl (C=O) groups is 2. The first-order valence-electron chi connectivity index (χ1n) is 21.9. The smallest absolute Gasteiger partial charge is 0.295 e. The number of ether oxygens (including phenoxy) is 2. The average molecular weight is 1170 g/mol. The molecule has 0 fully saturated rings. The molecule has 0 bridgehead atoms. The summed E-state index contributed by atoms with van der Waals surface area (Å²) >= 11 is 15.4.